The molecular formula is C10H14ClNO. The van der Waals surface area contributed by atoms with E-state index in [0.29, 0.717) is 0 Å². The first-order valence-electron chi connectivity index (χ1n) is 4.22. The van der Waals surface area contributed by atoms with Crippen LogP contribution < -0.4 is 4.74 Å². The molecule has 0 amide bonds. The van der Waals surface area contributed by atoms with E-state index >= 15 is 0 Å². The van der Waals surface area contributed by atoms with E-state index in [0.717, 1.165) is 22.6 Å². The van der Waals surface area contributed by atoms with Crippen LogP contribution in [0.25, 0.3) is 0 Å². The standard InChI is InChI=1S/C10H14ClNO/c1-6-5-12-9(8(3)11)7(2)10(6)13-4/h5,8H,1-4H3. The molecule has 0 fully saturated rings. The smallest absolute Gasteiger partial charge is 0.128 e. The number of aryl methyl sites for hydroxylation is 1. The predicted octanol–water partition coefficient (Wildman–Crippen LogP) is 3.01. The van der Waals surface area contributed by atoms with E-state index in [1.807, 2.05) is 20.8 Å². The van der Waals surface area contributed by atoms with Crippen LogP contribution in [0.5, 0.6) is 5.75 Å². The Morgan fingerprint density at radius 3 is 2.54 bits per heavy atom. The van der Waals surface area contributed by atoms with Crippen LogP contribution in [0, 0.1) is 13.8 Å². The van der Waals surface area contributed by atoms with Gasteiger partial charge in [0.2, 0.25) is 0 Å². The molecule has 0 saturated heterocycles. The molecule has 0 aromatic carbocycles. The normalized spacial score (nSPS) is 12.7. The number of pyridine rings is 1. The zero-order valence-electron chi connectivity index (χ0n) is 8.39. The molecule has 0 N–H and O–H groups in total. The molecule has 0 radical (unpaired) electrons. The summed E-state index contributed by atoms with van der Waals surface area (Å²) in [7, 11) is 1.66. The van der Waals surface area contributed by atoms with Crippen LogP contribution in [0.15, 0.2) is 6.20 Å². The number of ether oxygens (including phenoxy) is 1. The molecule has 1 unspecified atom stereocenters. The van der Waals surface area contributed by atoms with Crippen molar-refractivity contribution in [2.45, 2.75) is 26.1 Å². The molecule has 1 aromatic heterocycles. The molecule has 1 atom stereocenters. The lowest BCUT2D eigenvalue weighted by molar-refractivity contribution is 0.407. The summed E-state index contributed by atoms with van der Waals surface area (Å²) in [5, 5.41) is -0.0745. The van der Waals surface area contributed by atoms with E-state index in [-0.39, 0.29) is 5.38 Å². The van der Waals surface area contributed by atoms with Gasteiger partial charge in [0.25, 0.3) is 0 Å². The molecule has 0 saturated carbocycles. The number of hydrogen-bond acceptors (Lipinski definition) is 2. The third kappa shape index (κ3) is 1.94. The molecule has 0 aliphatic carbocycles. The summed E-state index contributed by atoms with van der Waals surface area (Å²) in [4.78, 5) is 4.27. The highest BCUT2D eigenvalue weighted by atomic mass is 35.5. The highest BCUT2D eigenvalue weighted by Crippen LogP contribution is 2.29. The molecule has 0 spiro atoms. The molecule has 72 valence electrons. The van der Waals surface area contributed by atoms with E-state index in [4.69, 9.17) is 16.3 Å². The maximum atomic E-state index is 5.97. The first-order valence-corrected chi connectivity index (χ1v) is 4.65. The van der Waals surface area contributed by atoms with Gasteiger partial charge in [-0.1, -0.05) is 0 Å². The lowest BCUT2D eigenvalue weighted by atomic mass is 10.1. The topological polar surface area (TPSA) is 22.1 Å². The summed E-state index contributed by atoms with van der Waals surface area (Å²) in [5.74, 6) is 0.887. The first kappa shape index (κ1) is 10.3. The fourth-order valence-electron chi connectivity index (χ4n) is 1.45. The Hall–Kier alpha value is -0.760. The van der Waals surface area contributed by atoms with Gasteiger partial charge in [-0.05, 0) is 20.8 Å². The van der Waals surface area contributed by atoms with E-state index in [2.05, 4.69) is 4.98 Å². The van der Waals surface area contributed by atoms with Gasteiger partial charge in [0.15, 0.2) is 0 Å². The number of methoxy groups -OCH3 is 1. The Kier molecular flexibility index (Phi) is 3.15. The van der Waals surface area contributed by atoms with Crippen molar-refractivity contribution >= 4 is 11.6 Å². The van der Waals surface area contributed by atoms with Crippen LogP contribution >= 0.6 is 11.6 Å². The summed E-state index contributed by atoms with van der Waals surface area (Å²) in [6.45, 7) is 5.86. The molecule has 0 aliphatic heterocycles. The average Bonchev–Trinajstić information content (AvgIpc) is 2.04. The van der Waals surface area contributed by atoms with Crippen LogP contribution in [0.1, 0.15) is 29.1 Å². The second kappa shape index (κ2) is 3.97. The number of hydrogen-bond donors (Lipinski definition) is 0. The molecule has 2 nitrogen and oxygen atoms in total. The zero-order chi connectivity index (χ0) is 10.0. The van der Waals surface area contributed by atoms with Crippen LogP contribution in [0.2, 0.25) is 0 Å². The Bertz CT molecular complexity index is 310. The third-order valence-corrected chi connectivity index (χ3v) is 2.27. The Morgan fingerprint density at radius 2 is 2.08 bits per heavy atom. The molecule has 13 heavy (non-hydrogen) atoms. The maximum absolute atomic E-state index is 5.97. The molecule has 3 heteroatoms. The van der Waals surface area contributed by atoms with Gasteiger partial charge in [0.1, 0.15) is 5.75 Å². The predicted molar refractivity (Wildman–Crippen MR) is 54.5 cm³/mol. The summed E-state index contributed by atoms with van der Waals surface area (Å²) in [5.41, 5.74) is 2.97. The van der Waals surface area contributed by atoms with Crippen molar-refractivity contribution in [2.75, 3.05) is 7.11 Å². The quantitative estimate of drug-likeness (QED) is 0.684. The molecule has 1 heterocycles. The fourth-order valence-corrected chi connectivity index (χ4v) is 1.67. The van der Waals surface area contributed by atoms with Crippen molar-refractivity contribution in [1.82, 2.24) is 4.98 Å². The van der Waals surface area contributed by atoms with Crippen molar-refractivity contribution in [3.05, 3.63) is 23.0 Å². The van der Waals surface area contributed by atoms with Gasteiger partial charge in [-0.15, -0.1) is 11.6 Å². The Labute approximate surface area is 83.9 Å². The minimum absolute atomic E-state index is 0.0745. The van der Waals surface area contributed by atoms with E-state index < -0.39 is 0 Å². The number of alkyl halides is 1. The number of halogens is 1. The highest BCUT2D eigenvalue weighted by Gasteiger charge is 2.12. The van der Waals surface area contributed by atoms with Crippen molar-refractivity contribution < 1.29 is 4.74 Å². The van der Waals surface area contributed by atoms with Gasteiger partial charge in [0.05, 0.1) is 18.2 Å². The largest absolute Gasteiger partial charge is 0.496 e. The summed E-state index contributed by atoms with van der Waals surface area (Å²) >= 11 is 5.97. The molecule has 0 bridgehead atoms. The van der Waals surface area contributed by atoms with Gasteiger partial charge in [-0.25, -0.2) is 0 Å². The van der Waals surface area contributed by atoms with Crippen LogP contribution in [-0.2, 0) is 0 Å². The van der Waals surface area contributed by atoms with Gasteiger partial charge >= 0.3 is 0 Å². The minimum Gasteiger partial charge on any atom is -0.496 e. The van der Waals surface area contributed by atoms with Gasteiger partial charge in [-0.3, -0.25) is 4.98 Å². The van der Waals surface area contributed by atoms with Crippen molar-refractivity contribution in [3.8, 4) is 5.75 Å². The van der Waals surface area contributed by atoms with Crippen molar-refractivity contribution in [1.29, 1.82) is 0 Å². The molecule has 0 aliphatic rings. The van der Waals surface area contributed by atoms with Gasteiger partial charge < -0.3 is 4.74 Å². The Balaban J connectivity index is 3.27. The highest BCUT2D eigenvalue weighted by molar-refractivity contribution is 6.20. The van der Waals surface area contributed by atoms with Crippen molar-refractivity contribution in [2.24, 2.45) is 0 Å². The lowest BCUT2D eigenvalue weighted by Gasteiger charge is -2.12. The van der Waals surface area contributed by atoms with E-state index in [1.54, 1.807) is 13.3 Å². The second-order valence-electron chi connectivity index (χ2n) is 3.10. The maximum Gasteiger partial charge on any atom is 0.128 e. The third-order valence-electron chi connectivity index (χ3n) is 2.06. The zero-order valence-corrected chi connectivity index (χ0v) is 9.14. The minimum atomic E-state index is -0.0745. The lowest BCUT2D eigenvalue weighted by Crippen LogP contribution is -2.00. The average molecular weight is 200 g/mol. The molecule has 1 aromatic rings. The Morgan fingerprint density at radius 1 is 1.46 bits per heavy atom. The van der Waals surface area contributed by atoms with E-state index in [9.17, 15) is 0 Å². The van der Waals surface area contributed by atoms with Crippen LogP contribution in [0.3, 0.4) is 0 Å². The monoisotopic (exact) mass is 199 g/mol. The fraction of sp³-hybridized carbons (Fsp3) is 0.500. The van der Waals surface area contributed by atoms with Crippen molar-refractivity contribution in [3.63, 3.8) is 0 Å². The SMILES string of the molecule is COc1c(C)cnc(C(C)Cl)c1C. The van der Waals surface area contributed by atoms with Gasteiger partial charge in [-0.2, -0.15) is 0 Å². The first-order chi connectivity index (χ1) is 6.07. The molecule has 1 rings (SSSR count). The van der Waals surface area contributed by atoms with Gasteiger partial charge in [0, 0.05) is 17.3 Å². The van der Waals surface area contributed by atoms with Crippen LogP contribution in [-0.4, -0.2) is 12.1 Å². The summed E-state index contributed by atoms with van der Waals surface area (Å²) < 4.78 is 5.27. The van der Waals surface area contributed by atoms with E-state index in [1.165, 1.54) is 0 Å². The number of nitrogens with zero attached hydrogens (tertiary/aromatic N) is 1. The molecular weight excluding hydrogens is 186 g/mol. The summed E-state index contributed by atoms with van der Waals surface area (Å²) in [6, 6.07) is 0. The van der Waals surface area contributed by atoms with Crippen LogP contribution in [0.4, 0.5) is 0 Å². The number of rotatable bonds is 2. The summed E-state index contributed by atoms with van der Waals surface area (Å²) in [6.07, 6.45) is 1.79. The second-order valence-corrected chi connectivity index (χ2v) is 3.76. The number of aromatic nitrogens is 1.